The molecule has 0 saturated carbocycles. The number of rotatable bonds is 7. The molecule has 1 N–H and O–H groups in total. The summed E-state index contributed by atoms with van der Waals surface area (Å²) in [6.07, 6.45) is 2.04. The van der Waals surface area contributed by atoms with Crippen molar-refractivity contribution in [1.29, 1.82) is 0 Å². The molecule has 0 aliphatic heterocycles. The van der Waals surface area contributed by atoms with Crippen LogP contribution in [0.1, 0.15) is 19.7 Å². The third-order valence-electron chi connectivity index (χ3n) is 2.46. The van der Waals surface area contributed by atoms with Gasteiger partial charge in [-0.3, -0.25) is 0 Å². The van der Waals surface area contributed by atoms with E-state index in [1.54, 1.807) is 14.0 Å². The Morgan fingerprint density at radius 2 is 2.18 bits per heavy atom. The Kier molecular flexibility index (Phi) is 5.10. The van der Waals surface area contributed by atoms with Gasteiger partial charge in [-0.05, 0) is 0 Å². The maximum absolute atomic E-state index is 12.2. The third kappa shape index (κ3) is 3.27. The van der Waals surface area contributed by atoms with Crippen molar-refractivity contribution in [3.63, 3.8) is 0 Å². The SMILES string of the molecule is CCc1ncc(S(=O)(=O)N(CC)CCOC)[nH]1. The summed E-state index contributed by atoms with van der Waals surface area (Å²) in [5.41, 5.74) is 0. The van der Waals surface area contributed by atoms with Crippen LogP contribution in [-0.4, -0.2) is 49.5 Å². The van der Waals surface area contributed by atoms with Gasteiger partial charge in [-0.1, -0.05) is 13.8 Å². The molecule has 1 rings (SSSR count). The van der Waals surface area contributed by atoms with Gasteiger partial charge in [-0.15, -0.1) is 0 Å². The molecule has 0 unspecified atom stereocenters. The molecule has 1 heterocycles. The zero-order chi connectivity index (χ0) is 12.9. The maximum atomic E-state index is 12.2. The predicted molar refractivity (Wildman–Crippen MR) is 64.3 cm³/mol. The highest BCUT2D eigenvalue weighted by atomic mass is 32.2. The van der Waals surface area contributed by atoms with Gasteiger partial charge in [0.05, 0.1) is 12.8 Å². The number of imidazole rings is 1. The second-order valence-corrected chi connectivity index (χ2v) is 5.44. The molecule has 0 aliphatic rings. The van der Waals surface area contributed by atoms with Crippen molar-refractivity contribution < 1.29 is 13.2 Å². The Morgan fingerprint density at radius 1 is 1.47 bits per heavy atom. The number of H-pyrrole nitrogens is 1. The number of likely N-dealkylation sites (N-methyl/N-ethyl adjacent to an activating group) is 1. The summed E-state index contributed by atoms with van der Waals surface area (Å²) in [6.45, 7) is 4.84. The molecule has 0 radical (unpaired) electrons. The van der Waals surface area contributed by atoms with Crippen molar-refractivity contribution in [2.24, 2.45) is 0 Å². The molecule has 7 heteroatoms. The number of nitrogens with one attached hydrogen (secondary N) is 1. The molecule has 0 aromatic carbocycles. The second-order valence-electron chi connectivity index (χ2n) is 3.54. The van der Waals surface area contributed by atoms with Crippen LogP contribution in [0.3, 0.4) is 0 Å². The molecule has 98 valence electrons. The average Bonchev–Trinajstić information content (AvgIpc) is 2.79. The van der Waals surface area contributed by atoms with Crippen molar-refractivity contribution in [2.75, 3.05) is 26.8 Å². The van der Waals surface area contributed by atoms with Crippen LogP contribution in [0.25, 0.3) is 0 Å². The molecular weight excluding hydrogens is 242 g/mol. The summed E-state index contributed by atoms with van der Waals surface area (Å²) >= 11 is 0. The van der Waals surface area contributed by atoms with Gasteiger partial charge in [0.25, 0.3) is 10.0 Å². The Hall–Kier alpha value is -0.920. The Labute approximate surface area is 102 Å². The highest BCUT2D eigenvalue weighted by Crippen LogP contribution is 2.13. The largest absolute Gasteiger partial charge is 0.383 e. The van der Waals surface area contributed by atoms with Gasteiger partial charge < -0.3 is 9.72 Å². The molecule has 0 aliphatic carbocycles. The first kappa shape index (κ1) is 14.1. The number of aromatic nitrogens is 2. The van der Waals surface area contributed by atoms with Crippen LogP contribution in [0.15, 0.2) is 11.2 Å². The van der Waals surface area contributed by atoms with Crippen LogP contribution in [0.5, 0.6) is 0 Å². The minimum absolute atomic E-state index is 0.146. The molecule has 17 heavy (non-hydrogen) atoms. The van der Waals surface area contributed by atoms with Crippen LogP contribution in [0, 0.1) is 0 Å². The van der Waals surface area contributed by atoms with E-state index in [9.17, 15) is 8.42 Å². The molecule has 0 spiro atoms. The van der Waals surface area contributed by atoms with Crippen molar-refractivity contribution in [3.8, 4) is 0 Å². The number of hydrogen-bond donors (Lipinski definition) is 1. The quantitative estimate of drug-likeness (QED) is 0.781. The monoisotopic (exact) mass is 261 g/mol. The van der Waals surface area contributed by atoms with Crippen molar-refractivity contribution >= 4 is 10.0 Å². The van der Waals surface area contributed by atoms with Gasteiger partial charge in [0.2, 0.25) is 0 Å². The first-order chi connectivity index (χ1) is 8.06. The lowest BCUT2D eigenvalue weighted by molar-refractivity contribution is 0.180. The van der Waals surface area contributed by atoms with E-state index in [1.165, 1.54) is 10.5 Å². The molecule has 0 bridgehead atoms. The van der Waals surface area contributed by atoms with E-state index in [1.807, 2.05) is 6.92 Å². The van der Waals surface area contributed by atoms with Crippen LogP contribution in [0.4, 0.5) is 0 Å². The second kappa shape index (κ2) is 6.13. The van der Waals surface area contributed by atoms with Gasteiger partial charge in [0.1, 0.15) is 5.82 Å². The molecular formula is C10H19N3O3S. The fraction of sp³-hybridized carbons (Fsp3) is 0.700. The number of nitrogens with zero attached hydrogens (tertiary/aromatic N) is 2. The summed E-state index contributed by atoms with van der Waals surface area (Å²) in [7, 11) is -1.93. The number of sulfonamides is 1. The molecule has 0 atom stereocenters. The maximum Gasteiger partial charge on any atom is 0.260 e. The van der Waals surface area contributed by atoms with E-state index in [2.05, 4.69) is 9.97 Å². The van der Waals surface area contributed by atoms with E-state index >= 15 is 0 Å². The standard InChI is InChI=1S/C10H19N3O3S/c1-4-9-11-8-10(12-9)17(14,15)13(5-2)6-7-16-3/h8H,4-7H2,1-3H3,(H,11,12). The van der Waals surface area contributed by atoms with Gasteiger partial charge >= 0.3 is 0 Å². The molecule has 6 nitrogen and oxygen atoms in total. The van der Waals surface area contributed by atoms with Crippen molar-refractivity contribution in [1.82, 2.24) is 14.3 Å². The molecule has 0 amide bonds. The Balaban J connectivity index is 2.91. The van der Waals surface area contributed by atoms with Crippen LogP contribution in [0.2, 0.25) is 0 Å². The van der Waals surface area contributed by atoms with E-state index in [-0.39, 0.29) is 5.03 Å². The molecule has 1 aromatic heterocycles. The predicted octanol–water partition coefficient (Wildman–Crippen LogP) is 0.629. The van der Waals surface area contributed by atoms with E-state index < -0.39 is 10.0 Å². The van der Waals surface area contributed by atoms with Gasteiger partial charge in [-0.2, -0.15) is 4.31 Å². The van der Waals surface area contributed by atoms with E-state index in [0.717, 1.165) is 0 Å². The zero-order valence-electron chi connectivity index (χ0n) is 10.4. The summed E-state index contributed by atoms with van der Waals surface area (Å²) in [6, 6.07) is 0. The van der Waals surface area contributed by atoms with Crippen molar-refractivity contribution in [2.45, 2.75) is 25.3 Å². The normalized spacial score (nSPS) is 12.2. The first-order valence-electron chi connectivity index (χ1n) is 5.59. The third-order valence-corrected chi connectivity index (χ3v) is 4.34. The number of ether oxygens (including phenoxy) is 1. The van der Waals surface area contributed by atoms with Crippen molar-refractivity contribution in [3.05, 3.63) is 12.0 Å². The first-order valence-corrected chi connectivity index (χ1v) is 7.03. The number of methoxy groups -OCH3 is 1. The van der Waals surface area contributed by atoms with Crippen LogP contribution >= 0.6 is 0 Å². The number of aryl methyl sites for hydroxylation is 1. The fourth-order valence-electron chi connectivity index (χ4n) is 1.43. The highest BCUT2D eigenvalue weighted by molar-refractivity contribution is 7.89. The number of aromatic amines is 1. The summed E-state index contributed by atoms with van der Waals surface area (Å²) in [4.78, 5) is 6.82. The Bertz CT molecular complexity index is 441. The lowest BCUT2D eigenvalue weighted by Crippen LogP contribution is -2.34. The lowest BCUT2D eigenvalue weighted by atomic mass is 10.5. The lowest BCUT2D eigenvalue weighted by Gasteiger charge is -2.18. The smallest absolute Gasteiger partial charge is 0.260 e. The summed E-state index contributed by atoms with van der Waals surface area (Å²) in [5.74, 6) is 0.673. The van der Waals surface area contributed by atoms with E-state index in [4.69, 9.17) is 4.74 Å². The van der Waals surface area contributed by atoms with Gasteiger partial charge in [-0.25, -0.2) is 13.4 Å². The van der Waals surface area contributed by atoms with Crippen LogP contribution in [-0.2, 0) is 21.2 Å². The van der Waals surface area contributed by atoms with Gasteiger partial charge in [0, 0.05) is 26.6 Å². The highest BCUT2D eigenvalue weighted by Gasteiger charge is 2.24. The summed E-state index contributed by atoms with van der Waals surface area (Å²) < 4.78 is 30.7. The average molecular weight is 261 g/mol. The zero-order valence-corrected chi connectivity index (χ0v) is 11.2. The van der Waals surface area contributed by atoms with E-state index in [0.29, 0.717) is 31.9 Å². The summed E-state index contributed by atoms with van der Waals surface area (Å²) in [5, 5.41) is 0.146. The number of hydrogen-bond acceptors (Lipinski definition) is 4. The topological polar surface area (TPSA) is 75.3 Å². The van der Waals surface area contributed by atoms with Crippen LogP contribution < -0.4 is 0 Å². The molecule has 1 aromatic rings. The fourth-order valence-corrected chi connectivity index (χ4v) is 2.80. The molecule has 0 fully saturated rings. The van der Waals surface area contributed by atoms with Gasteiger partial charge in [0.15, 0.2) is 5.03 Å². The molecule has 0 saturated heterocycles. The Morgan fingerprint density at radius 3 is 2.65 bits per heavy atom. The minimum Gasteiger partial charge on any atom is -0.383 e. The minimum atomic E-state index is -3.48.